The van der Waals surface area contributed by atoms with Crippen LogP contribution in [0.15, 0.2) is 60.7 Å². The first kappa shape index (κ1) is 17.9. The molecular weight excluding hydrogens is 362 g/mol. The van der Waals surface area contributed by atoms with Gasteiger partial charge < -0.3 is 19.5 Å². The molecule has 0 saturated heterocycles. The topological polar surface area (TPSA) is 39.7 Å². The molecule has 0 amide bonds. The Labute approximate surface area is 171 Å². The van der Waals surface area contributed by atoms with E-state index in [1.807, 2.05) is 12.1 Å². The Kier molecular flexibility index (Phi) is 4.35. The fraction of sp³-hybridized carbons (Fsp3) is 0.280. The lowest BCUT2D eigenvalue weighted by Crippen LogP contribution is -2.30. The molecule has 2 aliphatic rings. The molecule has 1 N–H and O–H groups in total. The van der Waals surface area contributed by atoms with E-state index in [0.717, 1.165) is 29.4 Å². The van der Waals surface area contributed by atoms with Crippen LogP contribution in [0, 0.1) is 5.92 Å². The summed E-state index contributed by atoms with van der Waals surface area (Å²) in [4.78, 5) is 0. The summed E-state index contributed by atoms with van der Waals surface area (Å²) >= 11 is 0. The Morgan fingerprint density at radius 3 is 2.28 bits per heavy atom. The lowest BCUT2D eigenvalue weighted by Gasteiger charge is -2.39. The quantitative estimate of drug-likeness (QED) is 0.584. The SMILES string of the molecule is COc1ccc(OC)c2c1NC(c1c(OC)ccc3ccccc13)C1CC=CC21. The molecule has 4 nitrogen and oxygen atoms in total. The van der Waals surface area contributed by atoms with Gasteiger partial charge in [-0.25, -0.2) is 0 Å². The smallest absolute Gasteiger partial charge is 0.142 e. The van der Waals surface area contributed by atoms with Crippen molar-refractivity contribution < 1.29 is 14.2 Å². The molecule has 1 aliphatic heterocycles. The molecule has 1 aliphatic carbocycles. The van der Waals surface area contributed by atoms with E-state index in [1.54, 1.807) is 21.3 Å². The lowest BCUT2D eigenvalue weighted by molar-refractivity contribution is 0.361. The van der Waals surface area contributed by atoms with Crippen LogP contribution >= 0.6 is 0 Å². The number of nitrogens with one attached hydrogen (secondary N) is 1. The number of ether oxygens (including phenoxy) is 3. The molecule has 0 saturated carbocycles. The van der Waals surface area contributed by atoms with Crippen molar-refractivity contribution in [3.63, 3.8) is 0 Å². The van der Waals surface area contributed by atoms with Crippen LogP contribution in [0.3, 0.4) is 0 Å². The van der Waals surface area contributed by atoms with Crippen molar-refractivity contribution in [1.29, 1.82) is 0 Å². The minimum absolute atomic E-state index is 0.101. The third-order valence-corrected chi connectivity index (χ3v) is 6.34. The minimum Gasteiger partial charge on any atom is -0.496 e. The highest BCUT2D eigenvalue weighted by Crippen LogP contribution is 2.56. The Morgan fingerprint density at radius 2 is 1.48 bits per heavy atom. The maximum absolute atomic E-state index is 5.83. The van der Waals surface area contributed by atoms with Gasteiger partial charge in [-0.05, 0) is 41.3 Å². The molecule has 5 rings (SSSR count). The zero-order valence-electron chi connectivity index (χ0n) is 16.9. The van der Waals surface area contributed by atoms with Crippen LogP contribution in [0.5, 0.6) is 17.2 Å². The van der Waals surface area contributed by atoms with E-state index in [0.29, 0.717) is 5.92 Å². The van der Waals surface area contributed by atoms with Crippen molar-refractivity contribution in [2.75, 3.05) is 26.6 Å². The summed E-state index contributed by atoms with van der Waals surface area (Å²) in [5.41, 5.74) is 3.40. The molecule has 0 radical (unpaired) electrons. The number of hydrogen-bond acceptors (Lipinski definition) is 4. The molecule has 3 aromatic carbocycles. The van der Waals surface area contributed by atoms with Gasteiger partial charge in [0.1, 0.15) is 17.2 Å². The third-order valence-electron chi connectivity index (χ3n) is 6.34. The first-order valence-electron chi connectivity index (χ1n) is 10.0. The predicted molar refractivity (Wildman–Crippen MR) is 116 cm³/mol. The van der Waals surface area contributed by atoms with Gasteiger partial charge in [0.2, 0.25) is 0 Å². The van der Waals surface area contributed by atoms with Crippen LogP contribution in [-0.4, -0.2) is 21.3 Å². The minimum atomic E-state index is 0.101. The number of rotatable bonds is 4. The van der Waals surface area contributed by atoms with Crippen LogP contribution in [0.25, 0.3) is 10.8 Å². The maximum atomic E-state index is 5.83. The van der Waals surface area contributed by atoms with E-state index in [9.17, 15) is 0 Å². The second-order valence-electron chi connectivity index (χ2n) is 7.64. The van der Waals surface area contributed by atoms with Gasteiger partial charge >= 0.3 is 0 Å². The van der Waals surface area contributed by atoms with Crippen molar-refractivity contribution in [2.24, 2.45) is 5.92 Å². The molecule has 0 spiro atoms. The van der Waals surface area contributed by atoms with Crippen LogP contribution in [-0.2, 0) is 0 Å². The molecule has 3 unspecified atom stereocenters. The van der Waals surface area contributed by atoms with Crippen molar-refractivity contribution in [1.82, 2.24) is 0 Å². The molecule has 3 aromatic rings. The maximum Gasteiger partial charge on any atom is 0.142 e. The molecule has 0 aromatic heterocycles. The molecule has 148 valence electrons. The van der Waals surface area contributed by atoms with Crippen molar-refractivity contribution >= 4 is 16.5 Å². The largest absolute Gasteiger partial charge is 0.496 e. The van der Waals surface area contributed by atoms with Crippen LogP contribution in [0.4, 0.5) is 5.69 Å². The lowest BCUT2D eigenvalue weighted by atomic mass is 9.75. The average molecular weight is 387 g/mol. The van der Waals surface area contributed by atoms with E-state index in [2.05, 4.69) is 53.9 Å². The molecule has 0 bridgehead atoms. The van der Waals surface area contributed by atoms with Crippen LogP contribution in [0.1, 0.15) is 29.5 Å². The van der Waals surface area contributed by atoms with Crippen LogP contribution < -0.4 is 19.5 Å². The first-order valence-corrected chi connectivity index (χ1v) is 10.0. The van der Waals surface area contributed by atoms with E-state index in [-0.39, 0.29) is 12.0 Å². The van der Waals surface area contributed by atoms with Gasteiger partial charge in [-0.2, -0.15) is 0 Å². The molecule has 3 atom stereocenters. The number of fused-ring (bicyclic) bond motifs is 4. The summed E-state index contributed by atoms with van der Waals surface area (Å²) in [5, 5.41) is 6.26. The molecule has 1 heterocycles. The molecule has 4 heteroatoms. The Bertz CT molecular complexity index is 1100. The Balaban J connectivity index is 1.75. The summed E-state index contributed by atoms with van der Waals surface area (Å²) in [6, 6.07) is 16.8. The number of anilines is 1. The summed E-state index contributed by atoms with van der Waals surface area (Å²) in [7, 11) is 5.20. The van der Waals surface area contributed by atoms with Gasteiger partial charge in [0.25, 0.3) is 0 Å². The fourth-order valence-electron chi connectivity index (χ4n) is 5.06. The van der Waals surface area contributed by atoms with Crippen molar-refractivity contribution in [2.45, 2.75) is 18.4 Å². The highest BCUT2D eigenvalue weighted by molar-refractivity contribution is 5.89. The number of benzene rings is 3. The van der Waals surface area contributed by atoms with Gasteiger partial charge in [-0.1, -0.05) is 42.5 Å². The normalized spacial score (nSPS) is 22.0. The fourth-order valence-corrected chi connectivity index (χ4v) is 5.06. The standard InChI is InChI=1S/C25H25NO3/c1-27-19-12-11-15-7-4-5-8-16(15)22(19)24-18-10-6-9-17(18)23-20(28-2)13-14-21(29-3)25(23)26-24/h4-9,11-14,17-18,24,26H,10H2,1-3H3. The highest BCUT2D eigenvalue weighted by atomic mass is 16.5. The summed E-state index contributed by atoms with van der Waals surface area (Å²) in [5.74, 6) is 3.30. The van der Waals surface area contributed by atoms with Gasteiger partial charge in [-0.15, -0.1) is 0 Å². The Morgan fingerprint density at radius 1 is 0.793 bits per heavy atom. The second kappa shape index (κ2) is 7.03. The van der Waals surface area contributed by atoms with Gasteiger partial charge in [0, 0.05) is 17.0 Å². The Hall–Kier alpha value is -3.14. The highest BCUT2D eigenvalue weighted by Gasteiger charge is 2.42. The van der Waals surface area contributed by atoms with Crippen molar-refractivity contribution in [3.05, 3.63) is 71.8 Å². The molecular formula is C25H25NO3. The number of methoxy groups -OCH3 is 3. The van der Waals surface area contributed by atoms with E-state index >= 15 is 0 Å². The third kappa shape index (κ3) is 2.66. The average Bonchev–Trinajstić information content (AvgIpc) is 3.27. The number of allylic oxidation sites excluding steroid dienone is 2. The van der Waals surface area contributed by atoms with Gasteiger partial charge in [-0.3, -0.25) is 0 Å². The zero-order valence-corrected chi connectivity index (χ0v) is 16.9. The predicted octanol–water partition coefficient (Wildman–Crippen LogP) is 5.69. The monoisotopic (exact) mass is 387 g/mol. The van der Waals surface area contributed by atoms with E-state index in [4.69, 9.17) is 14.2 Å². The van der Waals surface area contributed by atoms with Gasteiger partial charge in [0.05, 0.1) is 33.1 Å². The number of hydrogen-bond donors (Lipinski definition) is 1. The van der Waals surface area contributed by atoms with E-state index in [1.165, 1.54) is 21.9 Å². The van der Waals surface area contributed by atoms with Crippen LogP contribution in [0.2, 0.25) is 0 Å². The summed E-state index contributed by atoms with van der Waals surface area (Å²) in [6.07, 6.45) is 5.61. The first-order chi connectivity index (χ1) is 14.3. The van der Waals surface area contributed by atoms with Gasteiger partial charge in [0.15, 0.2) is 0 Å². The van der Waals surface area contributed by atoms with E-state index < -0.39 is 0 Å². The summed E-state index contributed by atoms with van der Waals surface area (Å²) < 4.78 is 17.3. The summed E-state index contributed by atoms with van der Waals surface area (Å²) in [6.45, 7) is 0. The molecule has 29 heavy (non-hydrogen) atoms. The zero-order chi connectivity index (χ0) is 20.0. The second-order valence-corrected chi connectivity index (χ2v) is 7.64. The molecule has 0 fully saturated rings. The van der Waals surface area contributed by atoms with Crippen molar-refractivity contribution in [3.8, 4) is 17.2 Å².